The Morgan fingerprint density at radius 2 is 1.83 bits per heavy atom. The standard InChI is InChI=1S/C16H18F3N3O/c1-4-22(3)9-11-5-7-12(8-6-11)14-20-13(16(17,18)19)10(2)15(23)21-14/h5-8H,4,9H2,1-3H3,(H,20,21,23). The number of halogens is 3. The molecule has 1 aromatic heterocycles. The first-order valence-electron chi connectivity index (χ1n) is 7.18. The molecule has 0 aliphatic rings. The smallest absolute Gasteiger partial charge is 0.306 e. The Morgan fingerprint density at radius 1 is 1.22 bits per heavy atom. The Labute approximate surface area is 132 Å². The summed E-state index contributed by atoms with van der Waals surface area (Å²) in [6.07, 6.45) is -4.66. The Balaban J connectivity index is 2.39. The van der Waals surface area contributed by atoms with E-state index in [-0.39, 0.29) is 5.82 Å². The second kappa shape index (κ2) is 6.54. The number of alkyl halides is 3. The first kappa shape index (κ1) is 17.2. The molecule has 0 saturated heterocycles. The number of nitrogens with one attached hydrogen (secondary N) is 1. The lowest BCUT2D eigenvalue weighted by Crippen LogP contribution is -2.21. The summed E-state index contributed by atoms with van der Waals surface area (Å²) in [6, 6.07) is 6.95. The Bertz CT molecular complexity index is 736. The molecular formula is C16H18F3N3O. The highest BCUT2D eigenvalue weighted by atomic mass is 19.4. The predicted octanol–water partition coefficient (Wildman–Crippen LogP) is 3.22. The average molecular weight is 325 g/mol. The van der Waals surface area contributed by atoms with Gasteiger partial charge >= 0.3 is 6.18 Å². The van der Waals surface area contributed by atoms with Crippen molar-refractivity contribution in [1.29, 1.82) is 0 Å². The Morgan fingerprint density at radius 3 is 2.35 bits per heavy atom. The molecule has 4 nitrogen and oxygen atoms in total. The zero-order valence-electron chi connectivity index (χ0n) is 13.2. The number of hydrogen-bond donors (Lipinski definition) is 1. The number of hydrogen-bond acceptors (Lipinski definition) is 3. The van der Waals surface area contributed by atoms with Crippen molar-refractivity contribution in [3.8, 4) is 11.4 Å². The summed E-state index contributed by atoms with van der Waals surface area (Å²) in [5.74, 6) is -0.0803. The van der Waals surface area contributed by atoms with Gasteiger partial charge in [0.15, 0.2) is 5.69 Å². The molecule has 2 rings (SSSR count). The van der Waals surface area contributed by atoms with Gasteiger partial charge in [-0.3, -0.25) is 4.79 Å². The monoisotopic (exact) mass is 325 g/mol. The molecule has 124 valence electrons. The fourth-order valence-corrected chi connectivity index (χ4v) is 2.14. The molecule has 0 saturated carbocycles. The lowest BCUT2D eigenvalue weighted by Gasteiger charge is -2.14. The molecule has 0 bridgehead atoms. The van der Waals surface area contributed by atoms with Gasteiger partial charge in [0.2, 0.25) is 0 Å². The van der Waals surface area contributed by atoms with Gasteiger partial charge in [-0.25, -0.2) is 4.98 Å². The third-order valence-electron chi connectivity index (χ3n) is 3.64. The van der Waals surface area contributed by atoms with Crippen molar-refractivity contribution < 1.29 is 13.2 Å². The number of aromatic nitrogens is 2. The highest BCUT2D eigenvalue weighted by Crippen LogP contribution is 2.30. The summed E-state index contributed by atoms with van der Waals surface area (Å²) in [4.78, 5) is 19.8. The normalized spacial score (nSPS) is 12.0. The first-order chi connectivity index (χ1) is 10.7. The summed E-state index contributed by atoms with van der Waals surface area (Å²) in [5.41, 5.74) is -0.885. The number of rotatable bonds is 4. The van der Waals surface area contributed by atoms with E-state index in [0.29, 0.717) is 5.56 Å². The molecular weight excluding hydrogens is 307 g/mol. The molecule has 0 unspecified atom stereocenters. The quantitative estimate of drug-likeness (QED) is 0.939. The van der Waals surface area contributed by atoms with Crippen LogP contribution in [0.15, 0.2) is 29.1 Å². The second-order valence-corrected chi connectivity index (χ2v) is 5.41. The second-order valence-electron chi connectivity index (χ2n) is 5.41. The van der Waals surface area contributed by atoms with Crippen LogP contribution >= 0.6 is 0 Å². The van der Waals surface area contributed by atoms with E-state index in [1.54, 1.807) is 12.1 Å². The molecule has 0 atom stereocenters. The van der Waals surface area contributed by atoms with E-state index < -0.39 is 23.0 Å². The summed E-state index contributed by atoms with van der Waals surface area (Å²) in [5, 5.41) is 0. The van der Waals surface area contributed by atoms with E-state index >= 15 is 0 Å². The summed E-state index contributed by atoms with van der Waals surface area (Å²) >= 11 is 0. The van der Waals surface area contributed by atoms with Crippen molar-refractivity contribution in [1.82, 2.24) is 14.9 Å². The van der Waals surface area contributed by atoms with Crippen molar-refractivity contribution in [2.45, 2.75) is 26.6 Å². The largest absolute Gasteiger partial charge is 0.433 e. The summed E-state index contributed by atoms with van der Waals surface area (Å²) in [6.45, 7) is 4.78. The zero-order valence-corrected chi connectivity index (χ0v) is 13.2. The molecule has 0 aliphatic carbocycles. The highest BCUT2D eigenvalue weighted by Gasteiger charge is 2.36. The van der Waals surface area contributed by atoms with Crippen molar-refractivity contribution in [3.05, 3.63) is 51.4 Å². The molecule has 0 amide bonds. The van der Waals surface area contributed by atoms with Gasteiger partial charge in [0, 0.05) is 17.7 Å². The fourth-order valence-electron chi connectivity index (χ4n) is 2.14. The minimum atomic E-state index is -4.66. The number of benzene rings is 1. The number of nitrogens with zero attached hydrogens (tertiary/aromatic N) is 2. The zero-order chi connectivity index (χ0) is 17.2. The van der Waals surface area contributed by atoms with E-state index in [9.17, 15) is 18.0 Å². The topological polar surface area (TPSA) is 49.0 Å². The molecule has 0 aliphatic heterocycles. The molecule has 1 N–H and O–H groups in total. The van der Waals surface area contributed by atoms with E-state index in [2.05, 4.69) is 14.9 Å². The molecule has 1 heterocycles. The molecule has 1 aromatic carbocycles. The van der Waals surface area contributed by atoms with Crippen LogP contribution < -0.4 is 5.56 Å². The molecule has 7 heteroatoms. The SMILES string of the molecule is CCN(C)Cc1ccc(-c2nc(C(F)(F)F)c(C)c(=O)[nH]2)cc1. The maximum Gasteiger partial charge on any atom is 0.433 e. The Kier molecular flexibility index (Phi) is 4.89. The van der Waals surface area contributed by atoms with Crippen LogP contribution in [0.4, 0.5) is 13.2 Å². The minimum Gasteiger partial charge on any atom is -0.306 e. The van der Waals surface area contributed by atoms with Crippen LogP contribution in [0.25, 0.3) is 11.4 Å². The molecule has 23 heavy (non-hydrogen) atoms. The Hall–Kier alpha value is -2.15. The third kappa shape index (κ3) is 3.98. The lowest BCUT2D eigenvalue weighted by molar-refractivity contribution is -0.141. The third-order valence-corrected chi connectivity index (χ3v) is 3.64. The molecule has 2 aromatic rings. The van der Waals surface area contributed by atoms with E-state index in [1.807, 2.05) is 26.1 Å². The van der Waals surface area contributed by atoms with Crippen LogP contribution in [0.2, 0.25) is 0 Å². The molecule has 0 radical (unpaired) electrons. The van der Waals surface area contributed by atoms with Crippen molar-refractivity contribution in [3.63, 3.8) is 0 Å². The van der Waals surface area contributed by atoms with Crippen LogP contribution in [0, 0.1) is 6.92 Å². The van der Waals surface area contributed by atoms with Crippen molar-refractivity contribution >= 4 is 0 Å². The van der Waals surface area contributed by atoms with Gasteiger partial charge in [-0.15, -0.1) is 0 Å². The first-order valence-corrected chi connectivity index (χ1v) is 7.18. The van der Waals surface area contributed by atoms with Crippen molar-refractivity contribution in [2.75, 3.05) is 13.6 Å². The minimum absolute atomic E-state index is 0.0803. The van der Waals surface area contributed by atoms with Crippen LogP contribution in [0.3, 0.4) is 0 Å². The molecule has 0 spiro atoms. The van der Waals surface area contributed by atoms with Crippen LogP contribution in [-0.2, 0) is 12.7 Å². The fraction of sp³-hybridized carbons (Fsp3) is 0.375. The van der Waals surface area contributed by atoms with Gasteiger partial charge in [0.05, 0.1) is 0 Å². The van der Waals surface area contributed by atoms with Gasteiger partial charge in [-0.2, -0.15) is 13.2 Å². The summed E-state index contributed by atoms with van der Waals surface area (Å²) in [7, 11) is 1.97. The van der Waals surface area contributed by atoms with Gasteiger partial charge in [0.1, 0.15) is 5.82 Å². The van der Waals surface area contributed by atoms with Gasteiger partial charge < -0.3 is 9.88 Å². The van der Waals surface area contributed by atoms with Crippen LogP contribution in [0.1, 0.15) is 23.7 Å². The van der Waals surface area contributed by atoms with E-state index in [1.165, 1.54) is 0 Å². The maximum absolute atomic E-state index is 13.0. The van der Waals surface area contributed by atoms with Crippen LogP contribution in [0.5, 0.6) is 0 Å². The predicted molar refractivity (Wildman–Crippen MR) is 82.0 cm³/mol. The van der Waals surface area contributed by atoms with Crippen molar-refractivity contribution in [2.24, 2.45) is 0 Å². The van der Waals surface area contributed by atoms with Gasteiger partial charge in [-0.05, 0) is 26.1 Å². The highest BCUT2D eigenvalue weighted by molar-refractivity contribution is 5.55. The van der Waals surface area contributed by atoms with E-state index in [0.717, 1.165) is 25.6 Å². The summed E-state index contributed by atoms with van der Waals surface area (Å²) < 4.78 is 38.9. The van der Waals surface area contributed by atoms with Gasteiger partial charge in [0.25, 0.3) is 5.56 Å². The lowest BCUT2D eigenvalue weighted by atomic mass is 10.1. The van der Waals surface area contributed by atoms with Crippen LogP contribution in [-0.4, -0.2) is 28.5 Å². The van der Waals surface area contributed by atoms with Gasteiger partial charge in [-0.1, -0.05) is 31.2 Å². The maximum atomic E-state index is 13.0. The number of aromatic amines is 1. The number of H-pyrrole nitrogens is 1. The molecule has 0 fully saturated rings. The average Bonchev–Trinajstić information content (AvgIpc) is 2.49. The van der Waals surface area contributed by atoms with E-state index in [4.69, 9.17) is 0 Å².